The molecule has 20 heavy (non-hydrogen) atoms. The summed E-state index contributed by atoms with van der Waals surface area (Å²) in [5, 5.41) is 0. The fourth-order valence-corrected chi connectivity index (χ4v) is 3.15. The first-order valence-electron chi connectivity index (χ1n) is 7.41. The monoisotopic (exact) mass is 277 g/mol. The summed E-state index contributed by atoms with van der Waals surface area (Å²) in [5.41, 5.74) is 3.09. The molecular weight excluding hydrogens is 250 g/mol. The minimum atomic E-state index is 0.236. The van der Waals surface area contributed by atoms with Crippen LogP contribution in [0.3, 0.4) is 0 Å². The van der Waals surface area contributed by atoms with E-state index < -0.39 is 0 Å². The highest BCUT2D eigenvalue weighted by molar-refractivity contribution is 5.99. The Hall–Kier alpha value is -1.13. The normalized spacial score (nSPS) is 20.0. The third-order valence-electron chi connectivity index (χ3n) is 4.55. The Labute approximate surface area is 122 Å². The molecule has 0 aliphatic carbocycles. The van der Waals surface area contributed by atoms with E-state index in [0.29, 0.717) is 12.5 Å². The molecule has 4 nitrogen and oxygen atoms in total. The van der Waals surface area contributed by atoms with Crippen molar-refractivity contribution in [3.8, 4) is 0 Å². The van der Waals surface area contributed by atoms with Crippen molar-refractivity contribution in [1.82, 2.24) is 14.4 Å². The zero-order chi connectivity index (χ0) is 14.9. The van der Waals surface area contributed by atoms with Crippen LogP contribution in [0, 0.1) is 19.8 Å². The number of ketones is 1. The summed E-state index contributed by atoms with van der Waals surface area (Å²) in [5.74, 6) is 0.941. The Kier molecular flexibility index (Phi) is 4.66. The molecular formula is C16H27N3O. The molecule has 0 amide bonds. The Morgan fingerprint density at radius 1 is 1.40 bits per heavy atom. The Bertz CT molecular complexity index is 492. The maximum Gasteiger partial charge on any atom is 0.178 e. The number of likely N-dealkylation sites (N-methyl/N-ethyl adjacent to an activating group) is 1. The molecule has 0 N–H and O–H groups in total. The van der Waals surface area contributed by atoms with Gasteiger partial charge in [0.2, 0.25) is 0 Å². The molecule has 1 saturated heterocycles. The zero-order valence-corrected chi connectivity index (χ0v) is 13.4. The molecule has 1 aromatic heterocycles. The highest BCUT2D eigenvalue weighted by atomic mass is 16.1. The minimum absolute atomic E-state index is 0.236. The van der Waals surface area contributed by atoms with Gasteiger partial charge >= 0.3 is 0 Å². The molecule has 0 bridgehead atoms. The van der Waals surface area contributed by atoms with Crippen LogP contribution in [0.5, 0.6) is 0 Å². The lowest BCUT2D eigenvalue weighted by Crippen LogP contribution is -2.32. The summed E-state index contributed by atoms with van der Waals surface area (Å²) in [4.78, 5) is 17.0. The van der Waals surface area contributed by atoms with E-state index in [9.17, 15) is 4.79 Å². The fraction of sp³-hybridized carbons (Fsp3) is 0.688. The summed E-state index contributed by atoms with van der Waals surface area (Å²) in [6, 6.07) is 2.01. The molecule has 0 aromatic carbocycles. The molecule has 4 heteroatoms. The van der Waals surface area contributed by atoms with Gasteiger partial charge in [-0.1, -0.05) is 0 Å². The quantitative estimate of drug-likeness (QED) is 0.767. The van der Waals surface area contributed by atoms with E-state index in [1.807, 2.05) is 27.0 Å². The maximum absolute atomic E-state index is 12.4. The third-order valence-corrected chi connectivity index (χ3v) is 4.55. The summed E-state index contributed by atoms with van der Waals surface area (Å²) in [6.45, 7) is 7.94. The van der Waals surface area contributed by atoms with E-state index in [2.05, 4.69) is 28.5 Å². The predicted molar refractivity (Wildman–Crippen MR) is 82.3 cm³/mol. The number of likely N-dealkylation sites (tertiary alicyclic amines) is 1. The van der Waals surface area contributed by atoms with Gasteiger partial charge in [-0.15, -0.1) is 0 Å². The molecule has 0 radical (unpaired) electrons. The molecule has 2 heterocycles. The van der Waals surface area contributed by atoms with Crippen molar-refractivity contribution >= 4 is 5.78 Å². The van der Waals surface area contributed by atoms with Crippen molar-refractivity contribution in [1.29, 1.82) is 0 Å². The summed E-state index contributed by atoms with van der Waals surface area (Å²) < 4.78 is 2.08. The van der Waals surface area contributed by atoms with Crippen molar-refractivity contribution in [2.24, 2.45) is 13.0 Å². The smallest absolute Gasteiger partial charge is 0.178 e. The first-order valence-corrected chi connectivity index (χ1v) is 7.41. The first kappa shape index (κ1) is 15.3. The van der Waals surface area contributed by atoms with Gasteiger partial charge in [0, 0.05) is 37.1 Å². The van der Waals surface area contributed by atoms with E-state index >= 15 is 0 Å². The van der Waals surface area contributed by atoms with Crippen molar-refractivity contribution in [3.05, 3.63) is 23.0 Å². The Morgan fingerprint density at radius 2 is 2.10 bits per heavy atom. The highest BCUT2D eigenvalue weighted by Gasteiger charge is 2.22. The number of Topliss-reactive ketones (excluding diaryl/α,β-unsaturated/α-hetero) is 1. The van der Waals surface area contributed by atoms with E-state index in [4.69, 9.17) is 0 Å². The first-order chi connectivity index (χ1) is 9.38. The second-order valence-electron chi connectivity index (χ2n) is 6.38. The molecule has 1 aliphatic heterocycles. The number of carbonyl (C=O) groups is 1. The average Bonchev–Trinajstić information content (AvgIpc) is 2.88. The molecule has 0 spiro atoms. The molecule has 0 saturated carbocycles. The standard InChI is InChI=1S/C16H27N3O/c1-12-8-15(13(2)19(12)5)16(20)11-18(4)10-14-6-7-17(3)9-14/h8,14H,6-7,9-11H2,1-5H3. The van der Waals surface area contributed by atoms with Gasteiger partial charge in [-0.3, -0.25) is 9.69 Å². The molecule has 1 unspecified atom stereocenters. The van der Waals surface area contributed by atoms with E-state index in [1.54, 1.807) is 0 Å². The Morgan fingerprint density at radius 3 is 2.60 bits per heavy atom. The van der Waals surface area contributed by atoms with Crippen molar-refractivity contribution in [2.75, 3.05) is 40.3 Å². The molecule has 1 aliphatic rings. The van der Waals surface area contributed by atoms with E-state index in [1.165, 1.54) is 13.0 Å². The van der Waals surface area contributed by atoms with Crippen LogP contribution in [0.25, 0.3) is 0 Å². The Balaban J connectivity index is 1.92. The zero-order valence-electron chi connectivity index (χ0n) is 13.4. The molecule has 1 aromatic rings. The lowest BCUT2D eigenvalue weighted by molar-refractivity contribution is 0.0937. The SMILES string of the molecule is Cc1cc(C(=O)CN(C)CC2CCN(C)C2)c(C)n1C. The van der Waals surface area contributed by atoms with E-state index in [-0.39, 0.29) is 5.78 Å². The van der Waals surface area contributed by atoms with Crippen LogP contribution in [0.2, 0.25) is 0 Å². The topological polar surface area (TPSA) is 28.5 Å². The molecule has 112 valence electrons. The maximum atomic E-state index is 12.4. The second-order valence-corrected chi connectivity index (χ2v) is 6.38. The lowest BCUT2D eigenvalue weighted by Gasteiger charge is -2.20. The number of hydrogen-bond donors (Lipinski definition) is 0. The van der Waals surface area contributed by atoms with Crippen molar-refractivity contribution in [3.63, 3.8) is 0 Å². The minimum Gasteiger partial charge on any atom is -0.351 e. The van der Waals surface area contributed by atoms with Crippen LogP contribution in [-0.2, 0) is 7.05 Å². The van der Waals surface area contributed by atoms with Crippen molar-refractivity contribution in [2.45, 2.75) is 20.3 Å². The van der Waals surface area contributed by atoms with Crippen LogP contribution in [0.4, 0.5) is 0 Å². The summed E-state index contributed by atoms with van der Waals surface area (Å²) in [7, 11) is 6.24. The molecule has 2 rings (SSSR count). The fourth-order valence-electron chi connectivity index (χ4n) is 3.15. The third kappa shape index (κ3) is 3.30. The lowest BCUT2D eigenvalue weighted by atomic mass is 10.1. The number of carbonyl (C=O) groups excluding carboxylic acids is 1. The summed E-state index contributed by atoms with van der Waals surface area (Å²) in [6.07, 6.45) is 1.25. The van der Waals surface area contributed by atoms with Crippen LogP contribution in [-0.4, -0.2) is 60.4 Å². The number of rotatable bonds is 5. The van der Waals surface area contributed by atoms with Gasteiger partial charge in [0.1, 0.15) is 0 Å². The van der Waals surface area contributed by atoms with Gasteiger partial charge in [-0.2, -0.15) is 0 Å². The number of aromatic nitrogens is 1. The number of hydrogen-bond acceptors (Lipinski definition) is 3. The molecule has 1 atom stereocenters. The second kappa shape index (κ2) is 6.10. The van der Waals surface area contributed by atoms with Crippen molar-refractivity contribution < 1.29 is 4.79 Å². The average molecular weight is 277 g/mol. The van der Waals surface area contributed by atoms with Gasteiger partial charge in [0.05, 0.1) is 6.54 Å². The van der Waals surface area contributed by atoms with E-state index in [0.717, 1.165) is 30.0 Å². The highest BCUT2D eigenvalue weighted by Crippen LogP contribution is 2.17. The van der Waals surface area contributed by atoms with Gasteiger partial charge in [-0.25, -0.2) is 0 Å². The van der Waals surface area contributed by atoms with Gasteiger partial charge in [0.15, 0.2) is 5.78 Å². The largest absolute Gasteiger partial charge is 0.351 e. The summed E-state index contributed by atoms with van der Waals surface area (Å²) >= 11 is 0. The van der Waals surface area contributed by atoms with Gasteiger partial charge in [0.25, 0.3) is 0 Å². The number of nitrogens with zero attached hydrogens (tertiary/aromatic N) is 3. The van der Waals surface area contributed by atoms with Gasteiger partial charge < -0.3 is 9.47 Å². The predicted octanol–water partition coefficient (Wildman–Crippen LogP) is 1.71. The van der Waals surface area contributed by atoms with Crippen LogP contribution < -0.4 is 0 Å². The molecule has 1 fully saturated rings. The van der Waals surface area contributed by atoms with Crippen LogP contribution >= 0.6 is 0 Å². The van der Waals surface area contributed by atoms with Crippen LogP contribution in [0.1, 0.15) is 28.2 Å². The van der Waals surface area contributed by atoms with Gasteiger partial charge in [-0.05, 0) is 52.9 Å². The number of aryl methyl sites for hydroxylation is 1. The van der Waals surface area contributed by atoms with Crippen LogP contribution in [0.15, 0.2) is 6.07 Å².